The zero-order valence-corrected chi connectivity index (χ0v) is 10.4. The van der Waals surface area contributed by atoms with Crippen molar-refractivity contribution in [3.63, 3.8) is 0 Å². The maximum atomic E-state index is 5.57. The van der Waals surface area contributed by atoms with Crippen molar-refractivity contribution in [2.75, 3.05) is 0 Å². The molecule has 0 aliphatic carbocycles. The average molecular weight is 274 g/mol. The summed E-state index contributed by atoms with van der Waals surface area (Å²) < 4.78 is -1.22. The Hall–Kier alpha value is 0.790. The first kappa shape index (κ1) is 11.9. The van der Waals surface area contributed by atoms with E-state index in [1.54, 1.807) is 0 Å². The molecule has 1 aromatic carbocycles. The number of rotatable bonds is 3. The third kappa shape index (κ3) is 5.97. The first-order valence-corrected chi connectivity index (χ1v) is 6.94. The molecular formula is C8H7Cl3S2. The predicted octanol–water partition coefficient (Wildman–Crippen LogP) is 4.90. The molecule has 72 valence electrons. The van der Waals surface area contributed by atoms with Crippen LogP contribution in [0.4, 0.5) is 0 Å². The molecule has 0 fully saturated rings. The summed E-state index contributed by atoms with van der Waals surface area (Å²) in [6.45, 7) is 0. The van der Waals surface area contributed by atoms with Crippen molar-refractivity contribution >= 4 is 56.4 Å². The maximum absolute atomic E-state index is 5.57. The van der Waals surface area contributed by atoms with E-state index in [0.717, 1.165) is 5.75 Å². The highest BCUT2D eigenvalue weighted by molar-refractivity contribution is 8.77. The molecule has 0 saturated carbocycles. The van der Waals surface area contributed by atoms with Crippen LogP contribution in [0.25, 0.3) is 0 Å². The lowest BCUT2D eigenvalue weighted by Gasteiger charge is -2.08. The molecule has 0 radical (unpaired) electrons. The highest BCUT2D eigenvalue weighted by Crippen LogP contribution is 2.46. The van der Waals surface area contributed by atoms with E-state index < -0.39 is 3.12 Å². The minimum atomic E-state index is -1.22. The summed E-state index contributed by atoms with van der Waals surface area (Å²) in [5.41, 5.74) is 1.23. The van der Waals surface area contributed by atoms with Gasteiger partial charge < -0.3 is 0 Å². The predicted molar refractivity (Wildman–Crippen MR) is 65.6 cm³/mol. The van der Waals surface area contributed by atoms with Gasteiger partial charge in [0, 0.05) is 5.75 Å². The maximum Gasteiger partial charge on any atom is 0.247 e. The summed E-state index contributed by atoms with van der Waals surface area (Å²) in [7, 11) is 2.78. The Labute approximate surface area is 101 Å². The normalized spacial score (nSPS) is 11.6. The second-order valence-corrected chi connectivity index (χ2v) is 7.74. The lowest BCUT2D eigenvalue weighted by atomic mass is 10.2. The van der Waals surface area contributed by atoms with Crippen LogP contribution in [-0.4, -0.2) is 3.12 Å². The van der Waals surface area contributed by atoms with Gasteiger partial charge in [-0.25, -0.2) is 0 Å². The Kier molecular flexibility index (Phi) is 5.13. The molecule has 13 heavy (non-hydrogen) atoms. The summed E-state index contributed by atoms with van der Waals surface area (Å²) in [6.07, 6.45) is 0. The van der Waals surface area contributed by atoms with Gasteiger partial charge in [-0.05, 0) is 16.4 Å². The molecule has 0 N–H and O–H groups in total. The molecule has 1 aromatic rings. The van der Waals surface area contributed by atoms with E-state index in [2.05, 4.69) is 0 Å². The minimum absolute atomic E-state index is 0.847. The molecule has 0 aromatic heterocycles. The van der Waals surface area contributed by atoms with Crippen LogP contribution in [0.15, 0.2) is 30.3 Å². The van der Waals surface area contributed by atoms with Gasteiger partial charge in [-0.3, -0.25) is 0 Å². The smallest absolute Gasteiger partial charge is 0.0851 e. The SMILES string of the molecule is ClC(Cl)(Cl)SSCc1ccccc1. The summed E-state index contributed by atoms with van der Waals surface area (Å²) >= 11 is 16.7. The van der Waals surface area contributed by atoms with Crippen molar-refractivity contribution in [3.05, 3.63) is 35.9 Å². The van der Waals surface area contributed by atoms with Gasteiger partial charge in [-0.1, -0.05) is 75.9 Å². The van der Waals surface area contributed by atoms with E-state index in [9.17, 15) is 0 Å². The number of benzene rings is 1. The molecule has 0 nitrogen and oxygen atoms in total. The van der Waals surface area contributed by atoms with E-state index >= 15 is 0 Å². The van der Waals surface area contributed by atoms with Crippen LogP contribution in [0.1, 0.15) is 5.56 Å². The van der Waals surface area contributed by atoms with Crippen molar-refractivity contribution in [1.82, 2.24) is 0 Å². The third-order valence-corrected chi connectivity index (χ3v) is 4.95. The molecule has 0 bridgehead atoms. The van der Waals surface area contributed by atoms with Gasteiger partial charge in [0.2, 0.25) is 3.12 Å². The number of alkyl halides is 3. The molecule has 0 aliphatic rings. The van der Waals surface area contributed by atoms with Crippen molar-refractivity contribution in [3.8, 4) is 0 Å². The Morgan fingerprint density at radius 1 is 1.08 bits per heavy atom. The molecule has 0 aliphatic heterocycles. The Morgan fingerprint density at radius 2 is 1.69 bits per heavy atom. The van der Waals surface area contributed by atoms with Crippen molar-refractivity contribution in [2.45, 2.75) is 8.88 Å². The van der Waals surface area contributed by atoms with Crippen LogP contribution in [0.2, 0.25) is 0 Å². The molecular weight excluding hydrogens is 267 g/mol. The highest BCUT2D eigenvalue weighted by atomic mass is 35.6. The van der Waals surface area contributed by atoms with E-state index in [1.165, 1.54) is 27.2 Å². The fourth-order valence-electron chi connectivity index (χ4n) is 0.739. The molecule has 0 atom stereocenters. The van der Waals surface area contributed by atoms with Crippen LogP contribution in [0, 0.1) is 0 Å². The second-order valence-electron chi connectivity index (χ2n) is 2.28. The monoisotopic (exact) mass is 272 g/mol. The van der Waals surface area contributed by atoms with Gasteiger partial charge in [0.1, 0.15) is 0 Å². The lowest BCUT2D eigenvalue weighted by molar-refractivity contribution is 1.43. The first-order valence-electron chi connectivity index (χ1n) is 3.49. The van der Waals surface area contributed by atoms with Crippen molar-refractivity contribution in [2.24, 2.45) is 0 Å². The van der Waals surface area contributed by atoms with E-state index in [0.29, 0.717) is 0 Å². The first-order chi connectivity index (χ1) is 6.08. The molecule has 0 heterocycles. The molecule has 1 rings (SSSR count). The van der Waals surface area contributed by atoms with Gasteiger partial charge >= 0.3 is 0 Å². The minimum Gasteiger partial charge on any atom is -0.0851 e. The van der Waals surface area contributed by atoms with Crippen LogP contribution in [-0.2, 0) is 5.75 Å². The van der Waals surface area contributed by atoms with Crippen LogP contribution < -0.4 is 0 Å². The second kappa shape index (κ2) is 5.62. The number of hydrogen-bond donors (Lipinski definition) is 0. The van der Waals surface area contributed by atoms with Gasteiger partial charge in [0.25, 0.3) is 0 Å². The molecule has 0 amide bonds. The Balaban J connectivity index is 2.29. The molecule has 0 unspecified atom stereocenters. The van der Waals surface area contributed by atoms with Crippen LogP contribution >= 0.6 is 56.4 Å². The van der Waals surface area contributed by atoms with E-state index in [4.69, 9.17) is 34.8 Å². The summed E-state index contributed by atoms with van der Waals surface area (Å²) in [5, 5.41) is 0. The molecule has 0 spiro atoms. The number of hydrogen-bond acceptors (Lipinski definition) is 2. The summed E-state index contributed by atoms with van der Waals surface area (Å²) in [6, 6.07) is 10.1. The molecule has 5 heteroatoms. The van der Waals surface area contributed by atoms with Gasteiger partial charge in [0.15, 0.2) is 0 Å². The van der Waals surface area contributed by atoms with E-state index in [1.807, 2.05) is 30.3 Å². The summed E-state index contributed by atoms with van der Waals surface area (Å²) in [4.78, 5) is 0. The fourth-order valence-corrected chi connectivity index (χ4v) is 3.45. The van der Waals surface area contributed by atoms with Crippen molar-refractivity contribution in [1.29, 1.82) is 0 Å². The highest BCUT2D eigenvalue weighted by Gasteiger charge is 2.20. The topological polar surface area (TPSA) is 0 Å². The Morgan fingerprint density at radius 3 is 2.23 bits per heavy atom. The van der Waals surface area contributed by atoms with Gasteiger partial charge in [0.05, 0.1) is 0 Å². The number of halogens is 3. The average Bonchev–Trinajstić information content (AvgIpc) is 2.04. The van der Waals surface area contributed by atoms with Crippen molar-refractivity contribution < 1.29 is 0 Å². The zero-order chi connectivity index (χ0) is 9.73. The lowest BCUT2D eigenvalue weighted by Crippen LogP contribution is -1.89. The van der Waals surface area contributed by atoms with Gasteiger partial charge in [-0.15, -0.1) is 0 Å². The molecule has 0 saturated heterocycles. The van der Waals surface area contributed by atoms with Crippen LogP contribution in [0.5, 0.6) is 0 Å². The van der Waals surface area contributed by atoms with E-state index in [-0.39, 0.29) is 0 Å². The summed E-state index contributed by atoms with van der Waals surface area (Å²) in [5.74, 6) is 0.847. The van der Waals surface area contributed by atoms with Crippen LogP contribution in [0.3, 0.4) is 0 Å². The quantitative estimate of drug-likeness (QED) is 0.568. The Bertz CT molecular complexity index is 245. The van der Waals surface area contributed by atoms with Gasteiger partial charge in [-0.2, -0.15) is 0 Å². The largest absolute Gasteiger partial charge is 0.247 e. The third-order valence-electron chi connectivity index (χ3n) is 1.22. The fraction of sp³-hybridized carbons (Fsp3) is 0.250. The zero-order valence-electron chi connectivity index (χ0n) is 6.54. The standard InChI is InChI=1S/C8H7Cl3S2/c9-8(10,11)13-12-6-7-4-2-1-3-5-7/h1-5H,6H2.